The normalized spacial score (nSPS) is 10.0. The number of para-hydroxylation sites is 1. The van der Waals surface area contributed by atoms with Crippen molar-refractivity contribution in [2.75, 3.05) is 5.32 Å². The predicted molar refractivity (Wildman–Crippen MR) is 81.2 cm³/mol. The number of amides is 2. The molecule has 0 radical (unpaired) electrons. The highest BCUT2D eigenvalue weighted by Crippen LogP contribution is 2.29. The van der Waals surface area contributed by atoms with E-state index in [0.717, 1.165) is 5.56 Å². The summed E-state index contributed by atoms with van der Waals surface area (Å²) in [6.45, 7) is 0.227. The SMILES string of the molecule is O=C(NCc1ccncc1)C(=O)Nc1c(Cl)cccc1Cl. The van der Waals surface area contributed by atoms with Gasteiger partial charge in [-0.3, -0.25) is 14.6 Å². The van der Waals surface area contributed by atoms with Crippen molar-refractivity contribution in [3.8, 4) is 0 Å². The molecule has 0 aliphatic heterocycles. The quantitative estimate of drug-likeness (QED) is 0.853. The number of carbonyl (C=O) groups excluding carboxylic acids is 2. The van der Waals surface area contributed by atoms with Crippen LogP contribution in [0.25, 0.3) is 0 Å². The predicted octanol–water partition coefficient (Wildman–Crippen LogP) is 2.64. The molecule has 1 aromatic heterocycles. The van der Waals surface area contributed by atoms with E-state index in [1.54, 1.807) is 42.7 Å². The summed E-state index contributed by atoms with van der Waals surface area (Å²) in [5.74, 6) is -1.61. The van der Waals surface area contributed by atoms with Crippen molar-refractivity contribution in [2.24, 2.45) is 0 Å². The number of nitrogens with zero attached hydrogens (tertiary/aromatic N) is 1. The van der Waals surface area contributed by atoms with Gasteiger partial charge in [-0.2, -0.15) is 0 Å². The summed E-state index contributed by atoms with van der Waals surface area (Å²) in [5, 5.41) is 5.40. The molecule has 0 aliphatic rings. The largest absolute Gasteiger partial charge is 0.344 e. The van der Waals surface area contributed by atoms with Crippen LogP contribution in [-0.2, 0) is 16.1 Å². The second-order valence-corrected chi connectivity index (χ2v) is 4.90. The van der Waals surface area contributed by atoms with Gasteiger partial charge in [-0.05, 0) is 29.8 Å². The van der Waals surface area contributed by atoms with E-state index < -0.39 is 11.8 Å². The molecule has 0 spiro atoms. The molecule has 2 N–H and O–H groups in total. The fourth-order valence-corrected chi connectivity index (χ4v) is 2.04. The molecule has 1 aromatic carbocycles. The molecule has 5 nitrogen and oxygen atoms in total. The van der Waals surface area contributed by atoms with Gasteiger partial charge in [0.1, 0.15) is 0 Å². The molecular weight excluding hydrogens is 313 g/mol. The van der Waals surface area contributed by atoms with Gasteiger partial charge in [0.15, 0.2) is 0 Å². The third-order valence-electron chi connectivity index (χ3n) is 2.61. The van der Waals surface area contributed by atoms with Gasteiger partial charge in [0.25, 0.3) is 0 Å². The monoisotopic (exact) mass is 323 g/mol. The molecule has 2 rings (SSSR count). The van der Waals surface area contributed by atoms with Crippen LogP contribution in [0.1, 0.15) is 5.56 Å². The lowest BCUT2D eigenvalue weighted by Gasteiger charge is -2.09. The van der Waals surface area contributed by atoms with Crippen molar-refractivity contribution in [2.45, 2.75) is 6.54 Å². The lowest BCUT2D eigenvalue weighted by Crippen LogP contribution is -2.35. The maximum absolute atomic E-state index is 11.8. The first kappa shape index (κ1) is 15.3. The van der Waals surface area contributed by atoms with Crippen LogP contribution in [-0.4, -0.2) is 16.8 Å². The van der Waals surface area contributed by atoms with Gasteiger partial charge in [0.05, 0.1) is 15.7 Å². The van der Waals surface area contributed by atoms with Crippen LogP contribution >= 0.6 is 23.2 Å². The first-order chi connectivity index (χ1) is 10.1. The van der Waals surface area contributed by atoms with Crippen LogP contribution in [0.2, 0.25) is 10.0 Å². The molecule has 0 unspecified atom stereocenters. The molecule has 2 aromatic rings. The lowest BCUT2D eigenvalue weighted by atomic mass is 10.2. The summed E-state index contributed by atoms with van der Waals surface area (Å²) in [6.07, 6.45) is 3.20. The molecule has 0 aliphatic carbocycles. The number of hydrogen-bond donors (Lipinski definition) is 2. The third-order valence-corrected chi connectivity index (χ3v) is 3.24. The van der Waals surface area contributed by atoms with Crippen molar-refractivity contribution in [1.29, 1.82) is 0 Å². The average Bonchev–Trinajstić information content (AvgIpc) is 2.49. The smallest absolute Gasteiger partial charge is 0.313 e. The van der Waals surface area contributed by atoms with Crippen molar-refractivity contribution in [3.05, 3.63) is 58.3 Å². The van der Waals surface area contributed by atoms with Gasteiger partial charge in [-0.1, -0.05) is 29.3 Å². The summed E-state index contributed by atoms with van der Waals surface area (Å²) < 4.78 is 0. The maximum Gasteiger partial charge on any atom is 0.313 e. The summed E-state index contributed by atoms with van der Waals surface area (Å²) in [5.41, 5.74) is 1.05. The molecular formula is C14H11Cl2N3O2. The number of benzene rings is 1. The molecule has 0 atom stereocenters. The summed E-state index contributed by atoms with van der Waals surface area (Å²) in [6, 6.07) is 8.26. The van der Waals surface area contributed by atoms with Crippen molar-refractivity contribution >= 4 is 40.7 Å². The molecule has 1 heterocycles. The van der Waals surface area contributed by atoms with E-state index in [-0.39, 0.29) is 22.3 Å². The van der Waals surface area contributed by atoms with Gasteiger partial charge in [0, 0.05) is 18.9 Å². The minimum Gasteiger partial charge on any atom is -0.344 e. The Balaban J connectivity index is 1.96. The second-order valence-electron chi connectivity index (χ2n) is 4.09. The third kappa shape index (κ3) is 4.18. The first-order valence-corrected chi connectivity index (χ1v) is 6.75. The Morgan fingerprint density at radius 2 is 1.62 bits per heavy atom. The van der Waals surface area contributed by atoms with Crippen LogP contribution < -0.4 is 10.6 Å². The fraction of sp³-hybridized carbons (Fsp3) is 0.0714. The van der Waals surface area contributed by atoms with Gasteiger partial charge in [-0.25, -0.2) is 0 Å². The molecule has 0 saturated heterocycles. The fourth-order valence-electron chi connectivity index (χ4n) is 1.55. The van der Waals surface area contributed by atoms with E-state index in [1.807, 2.05) is 0 Å². The minimum absolute atomic E-state index is 0.213. The average molecular weight is 324 g/mol. The van der Waals surface area contributed by atoms with Gasteiger partial charge < -0.3 is 10.6 Å². The van der Waals surface area contributed by atoms with Crippen molar-refractivity contribution in [1.82, 2.24) is 10.3 Å². The number of carbonyl (C=O) groups is 2. The molecule has 7 heteroatoms. The zero-order chi connectivity index (χ0) is 15.2. The van der Waals surface area contributed by atoms with E-state index in [1.165, 1.54) is 0 Å². The molecule has 0 bridgehead atoms. The highest BCUT2D eigenvalue weighted by molar-refractivity contribution is 6.44. The molecule has 21 heavy (non-hydrogen) atoms. The van der Waals surface area contributed by atoms with E-state index in [2.05, 4.69) is 15.6 Å². The number of halogens is 2. The molecule has 108 valence electrons. The van der Waals surface area contributed by atoms with Gasteiger partial charge >= 0.3 is 11.8 Å². The lowest BCUT2D eigenvalue weighted by molar-refractivity contribution is -0.136. The zero-order valence-corrected chi connectivity index (χ0v) is 12.3. The Kier molecular flexibility index (Phi) is 5.14. The Morgan fingerprint density at radius 1 is 1.00 bits per heavy atom. The Morgan fingerprint density at radius 3 is 2.24 bits per heavy atom. The highest BCUT2D eigenvalue weighted by atomic mass is 35.5. The summed E-state index contributed by atoms with van der Waals surface area (Å²) in [4.78, 5) is 27.4. The number of anilines is 1. The zero-order valence-electron chi connectivity index (χ0n) is 10.8. The van der Waals surface area contributed by atoms with Crippen LogP contribution in [0.15, 0.2) is 42.7 Å². The number of pyridine rings is 1. The number of rotatable bonds is 3. The van der Waals surface area contributed by atoms with Crippen LogP contribution in [0.3, 0.4) is 0 Å². The van der Waals surface area contributed by atoms with Crippen molar-refractivity contribution < 1.29 is 9.59 Å². The first-order valence-electron chi connectivity index (χ1n) is 6.00. The number of hydrogen-bond acceptors (Lipinski definition) is 3. The van der Waals surface area contributed by atoms with E-state index in [9.17, 15) is 9.59 Å². The minimum atomic E-state index is -0.834. The standard InChI is InChI=1S/C14H11Cl2N3O2/c15-10-2-1-3-11(16)12(10)19-14(21)13(20)18-8-9-4-6-17-7-5-9/h1-7H,8H2,(H,18,20)(H,19,21). The topological polar surface area (TPSA) is 71.1 Å². The number of nitrogens with one attached hydrogen (secondary N) is 2. The van der Waals surface area contributed by atoms with Gasteiger partial charge in [0.2, 0.25) is 0 Å². The second kappa shape index (κ2) is 7.06. The van der Waals surface area contributed by atoms with Crippen LogP contribution in [0.5, 0.6) is 0 Å². The van der Waals surface area contributed by atoms with E-state index >= 15 is 0 Å². The Hall–Kier alpha value is -2.11. The highest BCUT2D eigenvalue weighted by Gasteiger charge is 2.16. The van der Waals surface area contributed by atoms with Crippen LogP contribution in [0.4, 0.5) is 5.69 Å². The Bertz CT molecular complexity index is 642. The van der Waals surface area contributed by atoms with Crippen LogP contribution in [0, 0.1) is 0 Å². The summed E-state index contributed by atoms with van der Waals surface area (Å²) in [7, 11) is 0. The summed E-state index contributed by atoms with van der Waals surface area (Å²) >= 11 is 11.8. The molecule has 0 fully saturated rings. The number of aromatic nitrogens is 1. The van der Waals surface area contributed by atoms with Crippen molar-refractivity contribution in [3.63, 3.8) is 0 Å². The maximum atomic E-state index is 11.8. The van der Waals surface area contributed by atoms with E-state index in [4.69, 9.17) is 23.2 Å². The van der Waals surface area contributed by atoms with E-state index in [0.29, 0.717) is 0 Å². The molecule has 0 saturated carbocycles. The van der Waals surface area contributed by atoms with Gasteiger partial charge in [-0.15, -0.1) is 0 Å². The molecule has 2 amide bonds. The Labute approximate surface area is 131 Å².